The Bertz CT molecular complexity index is 517. The zero-order valence-electron chi connectivity index (χ0n) is 11.6. The highest BCUT2D eigenvalue weighted by molar-refractivity contribution is 8.00. The lowest BCUT2D eigenvalue weighted by atomic mass is 10.2. The second kappa shape index (κ2) is 7.71. The lowest BCUT2D eigenvalue weighted by molar-refractivity contribution is -0.145. The predicted molar refractivity (Wildman–Crippen MR) is 83.8 cm³/mol. The van der Waals surface area contributed by atoms with Gasteiger partial charge >= 0.3 is 5.97 Å². The van der Waals surface area contributed by atoms with E-state index in [0.29, 0.717) is 5.02 Å². The number of hydrogen-bond donors (Lipinski definition) is 1. The second-order valence-electron chi connectivity index (χ2n) is 5.07. The summed E-state index contributed by atoms with van der Waals surface area (Å²) >= 11 is 7.41. The van der Waals surface area contributed by atoms with Crippen molar-refractivity contribution in [2.45, 2.75) is 36.6 Å². The number of thioether (sulfide) groups is 1. The molecule has 0 aliphatic heterocycles. The predicted octanol–water partition coefficient (Wildman–Crippen LogP) is 3.29. The molecule has 0 saturated heterocycles. The maximum Gasteiger partial charge on any atom is 0.323 e. The summed E-state index contributed by atoms with van der Waals surface area (Å²) in [6.45, 7) is -0.216. The van der Waals surface area contributed by atoms with Crippen LogP contribution in [0.1, 0.15) is 25.7 Å². The van der Waals surface area contributed by atoms with Gasteiger partial charge in [-0.3, -0.25) is 9.59 Å². The molecule has 1 saturated carbocycles. The highest BCUT2D eigenvalue weighted by Gasteiger charge is 2.28. The summed E-state index contributed by atoms with van der Waals surface area (Å²) in [5.41, 5.74) is 0. The van der Waals surface area contributed by atoms with E-state index in [1.165, 1.54) is 16.7 Å². The Labute approximate surface area is 133 Å². The summed E-state index contributed by atoms with van der Waals surface area (Å²) in [6.07, 6.45) is 3.92. The topological polar surface area (TPSA) is 57.6 Å². The zero-order valence-corrected chi connectivity index (χ0v) is 13.2. The first-order valence-corrected chi connectivity index (χ1v) is 8.33. The fourth-order valence-corrected chi connectivity index (χ4v) is 3.69. The zero-order chi connectivity index (χ0) is 15.2. The molecular formula is C15H18ClNO3S. The van der Waals surface area contributed by atoms with Crippen molar-refractivity contribution in [2.24, 2.45) is 0 Å². The van der Waals surface area contributed by atoms with E-state index in [1.54, 1.807) is 6.07 Å². The summed E-state index contributed by atoms with van der Waals surface area (Å²) in [7, 11) is 0. The highest BCUT2D eigenvalue weighted by Crippen LogP contribution is 2.28. The van der Waals surface area contributed by atoms with Crippen LogP contribution in [0, 0.1) is 0 Å². The number of amides is 1. The molecule has 21 heavy (non-hydrogen) atoms. The Kier molecular flexibility index (Phi) is 5.94. The van der Waals surface area contributed by atoms with Crippen molar-refractivity contribution in [1.82, 2.24) is 4.90 Å². The van der Waals surface area contributed by atoms with Gasteiger partial charge in [0.1, 0.15) is 6.54 Å². The van der Waals surface area contributed by atoms with Crippen molar-refractivity contribution >= 4 is 35.2 Å². The van der Waals surface area contributed by atoms with Crippen LogP contribution in [0.5, 0.6) is 0 Å². The minimum atomic E-state index is -0.960. The molecule has 4 nitrogen and oxygen atoms in total. The van der Waals surface area contributed by atoms with Gasteiger partial charge in [-0.1, -0.05) is 36.6 Å². The van der Waals surface area contributed by atoms with Gasteiger partial charge in [-0.15, -0.1) is 11.8 Å². The number of carboxylic acid groups (broad SMARTS) is 1. The number of benzene rings is 1. The summed E-state index contributed by atoms with van der Waals surface area (Å²) in [4.78, 5) is 25.7. The number of carbonyl (C=O) groups excluding carboxylic acids is 1. The van der Waals surface area contributed by atoms with Crippen molar-refractivity contribution in [3.05, 3.63) is 29.3 Å². The average Bonchev–Trinajstić information content (AvgIpc) is 2.97. The number of rotatable bonds is 6. The standard InChI is InChI=1S/C15H18ClNO3S/c16-12-7-3-4-8-13(12)21-10-14(18)17(9-15(19)20)11-5-1-2-6-11/h3-4,7-8,11H,1-2,5-6,9-10H2,(H,19,20). The Morgan fingerprint density at radius 1 is 1.29 bits per heavy atom. The molecule has 1 N–H and O–H groups in total. The van der Waals surface area contributed by atoms with Crippen LogP contribution in [-0.2, 0) is 9.59 Å². The molecule has 1 aliphatic rings. The molecular weight excluding hydrogens is 310 g/mol. The van der Waals surface area contributed by atoms with Gasteiger partial charge in [0, 0.05) is 10.9 Å². The fourth-order valence-electron chi connectivity index (χ4n) is 2.57. The van der Waals surface area contributed by atoms with E-state index in [9.17, 15) is 9.59 Å². The molecule has 0 heterocycles. The van der Waals surface area contributed by atoms with Crippen molar-refractivity contribution in [2.75, 3.05) is 12.3 Å². The number of carboxylic acids is 1. The summed E-state index contributed by atoms with van der Waals surface area (Å²) in [5, 5.41) is 9.61. The lowest BCUT2D eigenvalue weighted by Crippen LogP contribution is -2.43. The van der Waals surface area contributed by atoms with Crippen molar-refractivity contribution in [1.29, 1.82) is 0 Å². The second-order valence-corrected chi connectivity index (χ2v) is 6.50. The SMILES string of the molecule is O=C(O)CN(C(=O)CSc1ccccc1Cl)C1CCCC1. The molecule has 0 aromatic heterocycles. The Balaban J connectivity index is 1.97. The molecule has 0 radical (unpaired) electrons. The normalized spacial score (nSPS) is 15.1. The molecule has 114 valence electrons. The van der Waals surface area contributed by atoms with Gasteiger partial charge in [-0.2, -0.15) is 0 Å². The Morgan fingerprint density at radius 2 is 1.95 bits per heavy atom. The van der Waals surface area contributed by atoms with Gasteiger partial charge < -0.3 is 10.0 Å². The van der Waals surface area contributed by atoms with Crippen LogP contribution in [0.4, 0.5) is 0 Å². The average molecular weight is 328 g/mol. The van der Waals surface area contributed by atoms with E-state index in [2.05, 4.69) is 0 Å². The third-order valence-corrected chi connectivity index (χ3v) is 5.08. The molecule has 0 unspecified atom stereocenters. The van der Waals surface area contributed by atoms with E-state index in [4.69, 9.17) is 16.7 Å². The third-order valence-electron chi connectivity index (χ3n) is 3.58. The molecule has 0 spiro atoms. The molecule has 1 fully saturated rings. The summed E-state index contributed by atoms with van der Waals surface area (Å²) in [6, 6.07) is 7.41. The van der Waals surface area contributed by atoms with E-state index < -0.39 is 5.97 Å². The van der Waals surface area contributed by atoms with Crippen LogP contribution < -0.4 is 0 Å². The largest absolute Gasteiger partial charge is 0.480 e. The number of carbonyl (C=O) groups is 2. The minimum Gasteiger partial charge on any atom is -0.480 e. The maximum atomic E-state index is 12.3. The Morgan fingerprint density at radius 3 is 2.57 bits per heavy atom. The van der Waals surface area contributed by atoms with Crippen LogP contribution in [-0.4, -0.2) is 40.2 Å². The van der Waals surface area contributed by atoms with Crippen molar-refractivity contribution < 1.29 is 14.7 Å². The monoisotopic (exact) mass is 327 g/mol. The van der Waals surface area contributed by atoms with Gasteiger partial charge in [0.15, 0.2) is 0 Å². The molecule has 1 amide bonds. The van der Waals surface area contributed by atoms with Crippen LogP contribution in [0.2, 0.25) is 5.02 Å². The Hall–Kier alpha value is -1.20. The first-order chi connectivity index (χ1) is 10.1. The van der Waals surface area contributed by atoms with E-state index in [1.807, 2.05) is 18.2 Å². The van der Waals surface area contributed by atoms with Crippen LogP contribution in [0.15, 0.2) is 29.2 Å². The van der Waals surface area contributed by atoms with Crippen LogP contribution in [0.3, 0.4) is 0 Å². The third kappa shape index (κ3) is 4.64. The first kappa shape index (κ1) is 16.2. The molecule has 1 aromatic rings. The smallest absolute Gasteiger partial charge is 0.323 e. The minimum absolute atomic E-state index is 0.0699. The molecule has 6 heteroatoms. The summed E-state index contributed by atoms with van der Waals surface area (Å²) < 4.78 is 0. The van der Waals surface area contributed by atoms with Crippen molar-refractivity contribution in [3.63, 3.8) is 0 Å². The molecule has 0 bridgehead atoms. The van der Waals surface area contributed by atoms with E-state index in [0.717, 1.165) is 30.6 Å². The fraction of sp³-hybridized carbons (Fsp3) is 0.467. The van der Waals surface area contributed by atoms with Gasteiger partial charge in [0.2, 0.25) is 5.91 Å². The maximum absolute atomic E-state index is 12.3. The molecule has 0 atom stereocenters. The number of hydrogen-bond acceptors (Lipinski definition) is 3. The van der Waals surface area contributed by atoms with Crippen molar-refractivity contribution in [3.8, 4) is 0 Å². The highest BCUT2D eigenvalue weighted by atomic mass is 35.5. The van der Waals surface area contributed by atoms with E-state index >= 15 is 0 Å². The van der Waals surface area contributed by atoms with Gasteiger partial charge in [-0.25, -0.2) is 0 Å². The van der Waals surface area contributed by atoms with E-state index in [-0.39, 0.29) is 24.2 Å². The summed E-state index contributed by atoms with van der Waals surface area (Å²) in [5.74, 6) is -0.875. The van der Waals surface area contributed by atoms with Gasteiger partial charge in [0.25, 0.3) is 0 Å². The number of aliphatic carboxylic acids is 1. The number of nitrogens with zero attached hydrogens (tertiary/aromatic N) is 1. The van der Waals surface area contributed by atoms with Gasteiger partial charge in [0.05, 0.1) is 10.8 Å². The number of halogens is 1. The van der Waals surface area contributed by atoms with Crippen LogP contribution >= 0.6 is 23.4 Å². The lowest BCUT2D eigenvalue weighted by Gasteiger charge is -2.27. The quantitative estimate of drug-likeness (QED) is 0.815. The van der Waals surface area contributed by atoms with Crippen LogP contribution in [0.25, 0.3) is 0 Å². The molecule has 2 rings (SSSR count). The first-order valence-electron chi connectivity index (χ1n) is 6.96. The molecule has 1 aliphatic carbocycles. The van der Waals surface area contributed by atoms with Gasteiger partial charge in [-0.05, 0) is 25.0 Å². The molecule has 1 aromatic carbocycles.